The van der Waals surface area contributed by atoms with E-state index in [0.717, 1.165) is 0 Å². The second kappa shape index (κ2) is 9.34. The number of rotatable bonds is 5. The number of morpholine rings is 1. The topological polar surface area (TPSA) is 101 Å². The Morgan fingerprint density at radius 2 is 1.96 bits per heavy atom. The Kier molecular flexibility index (Phi) is 6.86. The lowest BCUT2D eigenvalue weighted by Crippen LogP contribution is -2.40. The summed E-state index contributed by atoms with van der Waals surface area (Å²) in [5.41, 5.74) is 0.690. The normalized spacial score (nSPS) is 15.4. The molecule has 0 radical (unpaired) electrons. The van der Waals surface area contributed by atoms with Crippen molar-refractivity contribution in [2.75, 3.05) is 31.6 Å². The molecular weight excluding hydrogens is 420 g/mol. The van der Waals surface area contributed by atoms with Crippen LogP contribution in [0.15, 0.2) is 46.8 Å². The van der Waals surface area contributed by atoms with E-state index in [2.05, 4.69) is 15.6 Å². The molecule has 1 fully saturated rings. The summed E-state index contributed by atoms with van der Waals surface area (Å²) in [4.78, 5) is 16.2. The van der Waals surface area contributed by atoms with Crippen LogP contribution in [-0.2, 0) is 19.6 Å². The molecule has 2 N–H and O–H groups in total. The van der Waals surface area contributed by atoms with E-state index in [4.69, 9.17) is 17.0 Å². The van der Waals surface area contributed by atoms with Crippen molar-refractivity contribution in [2.45, 2.75) is 4.90 Å². The maximum atomic E-state index is 12.6. The number of benzene rings is 1. The molecule has 2 heterocycles. The molecule has 3 rings (SSSR count). The van der Waals surface area contributed by atoms with Crippen LogP contribution >= 0.6 is 23.6 Å². The molecule has 0 aliphatic carbocycles. The summed E-state index contributed by atoms with van der Waals surface area (Å²) in [6, 6.07) is 6.33. The van der Waals surface area contributed by atoms with Crippen LogP contribution in [0.4, 0.5) is 5.13 Å². The molecule has 0 bridgehead atoms. The number of aromatic nitrogens is 1. The molecule has 1 aromatic carbocycles. The molecule has 1 amide bonds. The number of sulfonamides is 1. The van der Waals surface area contributed by atoms with Gasteiger partial charge in [0.15, 0.2) is 10.2 Å². The molecule has 0 unspecified atom stereocenters. The lowest BCUT2D eigenvalue weighted by atomic mass is 10.2. The van der Waals surface area contributed by atoms with Crippen LogP contribution in [-0.4, -0.2) is 55.0 Å². The van der Waals surface area contributed by atoms with Crippen LogP contribution in [0.25, 0.3) is 6.08 Å². The summed E-state index contributed by atoms with van der Waals surface area (Å²) in [6.07, 6.45) is 4.52. The highest BCUT2D eigenvalue weighted by Crippen LogP contribution is 2.18. The van der Waals surface area contributed by atoms with Crippen LogP contribution in [0, 0.1) is 0 Å². The van der Waals surface area contributed by atoms with Crippen LogP contribution in [0.1, 0.15) is 5.56 Å². The van der Waals surface area contributed by atoms with Gasteiger partial charge in [-0.05, 0) is 36.0 Å². The smallest absolute Gasteiger partial charge is 0.250 e. The van der Waals surface area contributed by atoms with Crippen molar-refractivity contribution in [3.05, 3.63) is 47.5 Å². The Morgan fingerprint density at radius 1 is 1.25 bits per heavy atom. The van der Waals surface area contributed by atoms with Gasteiger partial charge in [0.25, 0.3) is 0 Å². The Labute approximate surface area is 172 Å². The van der Waals surface area contributed by atoms with Gasteiger partial charge in [0.05, 0.1) is 18.1 Å². The van der Waals surface area contributed by atoms with Gasteiger partial charge < -0.3 is 10.1 Å². The third kappa shape index (κ3) is 5.42. The number of carbonyl (C=O) groups excluding carboxylic acids is 1. The Morgan fingerprint density at radius 3 is 2.61 bits per heavy atom. The van der Waals surface area contributed by atoms with Gasteiger partial charge in [-0.25, -0.2) is 13.4 Å². The Balaban J connectivity index is 1.57. The minimum absolute atomic E-state index is 0.150. The number of hydrogen-bond donors (Lipinski definition) is 2. The minimum atomic E-state index is -3.53. The van der Waals surface area contributed by atoms with Gasteiger partial charge in [-0.3, -0.25) is 10.1 Å². The Bertz CT molecular complexity index is 951. The van der Waals surface area contributed by atoms with E-state index in [1.807, 2.05) is 0 Å². The van der Waals surface area contributed by atoms with E-state index < -0.39 is 15.9 Å². The van der Waals surface area contributed by atoms with E-state index in [1.165, 1.54) is 33.9 Å². The number of anilines is 1. The molecule has 28 heavy (non-hydrogen) atoms. The predicted molar refractivity (Wildman–Crippen MR) is 112 cm³/mol. The van der Waals surface area contributed by atoms with Gasteiger partial charge in [-0.1, -0.05) is 12.1 Å². The van der Waals surface area contributed by atoms with Gasteiger partial charge in [0.1, 0.15) is 0 Å². The molecule has 148 valence electrons. The quantitative estimate of drug-likeness (QED) is 0.541. The Hall–Kier alpha value is -2.18. The second-order valence-electron chi connectivity index (χ2n) is 5.70. The summed E-state index contributed by atoms with van der Waals surface area (Å²) in [5, 5.41) is 7.84. The number of hydrogen-bond acceptors (Lipinski definition) is 7. The fraction of sp³-hybridized carbons (Fsp3) is 0.235. The monoisotopic (exact) mass is 438 g/mol. The number of amides is 1. The lowest BCUT2D eigenvalue weighted by Gasteiger charge is -2.26. The molecule has 1 saturated heterocycles. The van der Waals surface area contributed by atoms with Crippen molar-refractivity contribution in [1.82, 2.24) is 14.6 Å². The molecule has 11 heteroatoms. The van der Waals surface area contributed by atoms with Crippen molar-refractivity contribution in [3.8, 4) is 0 Å². The third-order valence-corrected chi connectivity index (χ3v) is 6.61. The maximum absolute atomic E-state index is 12.6. The van der Waals surface area contributed by atoms with Crippen molar-refractivity contribution < 1.29 is 17.9 Å². The van der Waals surface area contributed by atoms with E-state index >= 15 is 0 Å². The highest BCUT2D eigenvalue weighted by molar-refractivity contribution is 7.89. The van der Waals surface area contributed by atoms with Crippen molar-refractivity contribution >= 4 is 55.8 Å². The number of nitrogens with one attached hydrogen (secondary N) is 2. The van der Waals surface area contributed by atoms with Gasteiger partial charge in [0, 0.05) is 30.7 Å². The highest BCUT2D eigenvalue weighted by Gasteiger charge is 2.25. The summed E-state index contributed by atoms with van der Waals surface area (Å²) in [6.45, 7) is 1.49. The van der Waals surface area contributed by atoms with Crippen LogP contribution in [0.5, 0.6) is 0 Å². The summed E-state index contributed by atoms with van der Waals surface area (Å²) < 4.78 is 31.8. The van der Waals surface area contributed by atoms with E-state index in [9.17, 15) is 13.2 Å². The molecule has 1 aromatic heterocycles. The average Bonchev–Trinajstić information content (AvgIpc) is 3.20. The SMILES string of the molecule is O=C(C=Cc1ccc(S(=O)(=O)N2CCOCC2)cc1)NC(=S)Nc1nccs1. The molecule has 1 aliphatic heterocycles. The standard InChI is InChI=1S/C17H18N4O4S3/c22-15(19-16(26)20-17-18-7-12-27-17)6-3-13-1-4-14(5-2-13)28(23,24)21-8-10-25-11-9-21/h1-7,12H,8-11H2,(H2,18,19,20,22,26). The average molecular weight is 439 g/mol. The molecule has 0 saturated carbocycles. The molecular formula is C17H18N4O4S3. The first-order valence-electron chi connectivity index (χ1n) is 8.33. The number of ether oxygens (including phenoxy) is 1. The molecule has 0 spiro atoms. The van der Waals surface area contributed by atoms with Crippen LogP contribution in [0.3, 0.4) is 0 Å². The first-order chi connectivity index (χ1) is 13.4. The summed E-state index contributed by atoms with van der Waals surface area (Å²) in [5.74, 6) is -0.404. The van der Waals surface area contributed by atoms with Crippen molar-refractivity contribution in [1.29, 1.82) is 0 Å². The zero-order chi connectivity index (χ0) is 20.0. The van der Waals surface area contributed by atoms with Crippen LogP contribution in [0.2, 0.25) is 0 Å². The number of thiocarbonyl (C=S) groups is 1. The van der Waals surface area contributed by atoms with E-state index in [0.29, 0.717) is 37.0 Å². The largest absolute Gasteiger partial charge is 0.379 e. The third-order valence-electron chi connectivity index (χ3n) is 3.80. The minimum Gasteiger partial charge on any atom is -0.379 e. The summed E-state index contributed by atoms with van der Waals surface area (Å²) >= 11 is 6.40. The first kappa shape index (κ1) is 20.6. The number of carbonyl (C=O) groups is 1. The van der Waals surface area contributed by atoms with E-state index in [-0.39, 0.29) is 10.0 Å². The molecule has 8 nitrogen and oxygen atoms in total. The fourth-order valence-corrected chi connectivity index (χ4v) is 4.63. The zero-order valence-electron chi connectivity index (χ0n) is 14.7. The van der Waals surface area contributed by atoms with Gasteiger partial charge in [0.2, 0.25) is 15.9 Å². The summed E-state index contributed by atoms with van der Waals surface area (Å²) in [7, 11) is -3.53. The number of nitrogens with zero attached hydrogens (tertiary/aromatic N) is 2. The maximum Gasteiger partial charge on any atom is 0.250 e. The molecule has 0 atom stereocenters. The van der Waals surface area contributed by atoms with Gasteiger partial charge in [-0.2, -0.15) is 4.31 Å². The number of thiazole rings is 1. The predicted octanol–water partition coefficient (Wildman–Crippen LogP) is 1.69. The zero-order valence-corrected chi connectivity index (χ0v) is 17.1. The highest BCUT2D eigenvalue weighted by atomic mass is 32.2. The van der Waals surface area contributed by atoms with Crippen molar-refractivity contribution in [2.24, 2.45) is 0 Å². The van der Waals surface area contributed by atoms with Gasteiger partial charge >= 0.3 is 0 Å². The first-order valence-corrected chi connectivity index (χ1v) is 11.1. The molecule has 2 aromatic rings. The van der Waals surface area contributed by atoms with Crippen LogP contribution < -0.4 is 10.6 Å². The van der Waals surface area contributed by atoms with E-state index in [1.54, 1.807) is 29.8 Å². The lowest BCUT2D eigenvalue weighted by molar-refractivity contribution is -0.115. The molecule has 1 aliphatic rings. The van der Waals surface area contributed by atoms with Crippen molar-refractivity contribution in [3.63, 3.8) is 0 Å². The fourth-order valence-electron chi connectivity index (χ4n) is 2.43. The second-order valence-corrected chi connectivity index (χ2v) is 8.94. The van der Waals surface area contributed by atoms with Gasteiger partial charge in [-0.15, -0.1) is 11.3 Å².